The summed E-state index contributed by atoms with van der Waals surface area (Å²) in [5.74, 6) is -7.87. The van der Waals surface area contributed by atoms with Gasteiger partial charge in [-0.05, 0) is 25.7 Å². The van der Waals surface area contributed by atoms with E-state index in [4.69, 9.17) is 15.3 Å². The maximum atomic E-state index is 12.6. The van der Waals surface area contributed by atoms with Gasteiger partial charge in [0, 0.05) is 19.3 Å². The summed E-state index contributed by atoms with van der Waals surface area (Å²) < 4.78 is 0. The van der Waals surface area contributed by atoms with Gasteiger partial charge in [0.2, 0.25) is 17.7 Å². The molecule has 0 spiro atoms. The molecule has 1 saturated carbocycles. The highest BCUT2D eigenvalue weighted by molar-refractivity contribution is 5.95. The second kappa shape index (κ2) is 11.6. The highest BCUT2D eigenvalue weighted by Crippen LogP contribution is 2.35. The van der Waals surface area contributed by atoms with Gasteiger partial charge in [-0.2, -0.15) is 0 Å². The van der Waals surface area contributed by atoms with Crippen LogP contribution in [0.3, 0.4) is 0 Å². The summed E-state index contributed by atoms with van der Waals surface area (Å²) in [6.07, 6.45) is -2.53. The van der Waals surface area contributed by atoms with Crippen LogP contribution in [0.4, 0.5) is 0 Å². The lowest BCUT2D eigenvalue weighted by atomic mass is 10.1. The van der Waals surface area contributed by atoms with Crippen LogP contribution >= 0.6 is 0 Å². The fraction of sp³-hybridized carbons (Fsp3) is 0.611. The molecule has 1 rings (SSSR count). The van der Waals surface area contributed by atoms with Crippen molar-refractivity contribution in [3.63, 3.8) is 0 Å². The third-order valence-electron chi connectivity index (χ3n) is 4.67. The lowest BCUT2D eigenvalue weighted by Crippen LogP contribution is -2.56. The molecule has 0 saturated heterocycles. The van der Waals surface area contributed by atoms with Crippen molar-refractivity contribution in [2.24, 2.45) is 0 Å². The number of rotatable bonds is 15. The van der Waals surface area contributed by atoms with E-state index in [0.717, 1.165) is 0 Å². The zero-order valence-corrected chi connectivity index (χ0v) is 17.0. The zero-order valence-electron chi connectivity index (χ0n) is 17.0. The summed E-state index contributed by atoms with van der Waals surface area (Å²) in [6, 6.07) is -2.90. The van der Waals surface area contributed by atoms with E-state index in [-0.39, 0.29) is 25.7 Å². The first-order valence-electron chi connectivity index (χ1n) is 9.67. The Morgan fingerprint density at radius 3 is 1.53 bits per heavy atom. The molecule has 0 radical (unpaired) electrons. The summed E-state index contributed by atoms with van der Waals surface area (Å²) >= 11 is 0. The van der Waals surface area contributed by atoms with E-state index in [1.165, 1.54) is 0 Å². The summed E-state index contributed by atoms with van der Waals surface area (Å²) in [5.41, 5.74) is -1.49. The van der Waals surface area contributed by atoms with Crippen LogP contribution in [-0.4, -0.2) is 79.6 Å². The predicted octanol–water partition coefficient (Wildman–Crippen LogP) is -1.72. The van der Waals surface area contributed by atoms with Crippen LogP contribution in [0.1, 0.15) is 51.4 Å². The average Bonchev–Trinajstić information content (AvgIpc) is 3.46. The van der Waals surface area contributed by atoms with Crippen molar-refractivity contribution in [3.05, 3.63) is 0 Å². The Hall–Kier alpha value is -3.71. The van der Waals surface area contributed by atoms with Gasteiger partial charge in [-0.1, -0.05) is 0 Å². The number of aliphatic carboxylic acids is 4. The van der Waals surface area contributed by atoms with E-state index in [1.807, 2.05) is 0 Å². The lowest BCUT2D eigenvalue weighted by Gasteiger charge is -2.24. The fourth-order valence-corrected chi connectivity index (χ4v) is 2.67. The monoisotopic (exact) mass is 459 g/mol. The minimum atomic E-state index is -1.49. The van der Waals surface area contributed by atoms with Gasteiger partial charge >= 0.3 is 23.9 Å². The standard InChI is InChI=1S/C18H25N3O11/c22-11(3-6-14(27)28)19-9(1-4-12(23)24)15(29)20-10(2-5-13(25)26)16(30)21-18(7-8-18)17(31)32/h9-10H,1-8H2,(H,19,22)(H,20,29)(H,21,30)(H,23,24)(H,25,26)(H,27,28)(H,31,32)/t9-,10-/m0/s1. The number of hydrogen-bond acceptors (Lipinski definition) is 7. The van der Waals surface area contributed by atoms with Gasteiger partial charge in [-0.25, -0.2) is 4.79 Å². The third kappa shape index (κ3) is 8.97. The highest BCUT2D eigenvalue weighted by Gasteiger charge is 2.52. The molecular weight excluding hydrogens is 434 g/mol. The van der Waals surface area contributed by atoms with E-state index in [9.17, 15) is 38.7 Å². The molecule has 0 heterocycles. The van der Waals surface area contributed by atoms with E-state index < -0.39 is 84.9 Å². The summed E-state index contributed by atoms with van der Waals surface area (Å²) in [4.78, 5) is 80.6. The lowest BCUT2D eigenvalue weighted by molar-refractivity contribution is -0.144. The Balaban J connectivity index is 2.90. The van der Waals surface area contributed by atoms with Crippen molar-refractivity contribution in [1.82, 2.24) is 16.0 Å². The molecule has 0 aliphatic heterocycles. The quantitative estimate of drug-likeness (QED) is 0.145. The number of nitrogens with one attached hydrogen (secondary N) is 3. The van der Waals surface area contributed by atoms with Crippen LogP contribution < -0.4 is 16.0 Å². The molecule has 1 fully saturated rings. The Morgan fingerprint density at radius 1 is 0.656 bits per heavy atom. The van der Waals surface area contributed by atoms with Crippen LogP contribution in [0.25, 0.3) is 0 Å². The van der Waals surface area contributed by atoms with Gasteiger partial charge in [-0.3, -0.25) is 28.8 Å². The second-order valence-electron chi connectivity index (χ2n) is 7.32. The van der Waals surface area contributed by atoms with Crippen LogP contribution in [0.15, 0.2) is 0 Å². The van der Waals surface area contributed by atoms with Crippen molar-refractivity contribution in [2.75, 3.05) is 0 Å². The number of carboxylic acids is 4. The fourth-order valence-electron chi connectivity index (χ4n) is 2.67. The zero-order chi connectivity index (χ0) is 24.5. The van der Waals surface area contributed by atoms with Gasteiger partial charge in [0.25, 0.3) is 0 Å². The van der Waals surface area contributed by atoms with E-state index >= 15 is 0 Å². The van der Waals surface area contributed by atoms with Gasteiger partial charge in [0.1, 0.15) is 17.6 Å². The summed E-state index contributed by atoms with van der Waals surface area (Å²) in [5, 5.41) is 42.2. The largest absolute Gasteiger partial charge is 0.481 e. The number of amides is 3. The second-order valence-corrected chi connectivity index (χ2v) is 7.32. The normalized spacial score (nSPS) is 15.5. The first kappa shape index (κ1) is 26.3. The third-order valence-corrected chi connectivity index (χ3v) is 4.67. The topological polar surface area (TPSA) is 236 Å². The van der Waals surface area contributed by atoms with Crippen molar-refractivity contribution < 1.29 is 54.0 Å². The average molecular weight is 459 g/mol. The Morgan fingerprint density at radius 2 is 1.12 bits per heavy atom. The molecule has 7 N–H and O–H groups in total. The number of carbonyl (C=O) groups is 7. The maximum absolute atomic E-state index is 12.6. The first-order chi connectivity index (χ1) is 14.9. The molecule has 14 heteroatoms. The molecule has 3 amide bonds. The molecule has 0 aromatic rings. The van der Waals surface area contributed by atoms with E-state index in [2.05, 4.69) is 16.0 Å². The summed E-state index contributed by atoms with van der Waals surface area (Å²) in [7, 11) is 0. The molecule has 2 atom stereocenters. The van der Waals surface area contributed by atoms with Crippen LogP contribution in [0, 0.1) is 0 Å². The minimum absolute atomic E-state index is 0.161. The van der Waals surface area contributed by atoms with Gasteiger partial charge in [0.05, 0.1) is 6.42 Å². The predicted molar refractivity (Wildman–Crippen MR) is 102 cm³/mol. The highest BCUT2D eigenvalue weighted by atomic mass is 16.4. The van der Waals surface area contributed by atoms with Crippen LogP contribution in [0.5, 0.6) is 0 Å². The number of carboxylic acid groups (broad SMARTS) is 4. The Bertz CT molecular complexity index is 791. The molecule has 0 aromatic carbocycles. The smallest absolute Gasteiger partial charge is 0.329 e. The molecule has 1 aliphatic carbocycles. The van der Waals surface area contributed by atoms with Crippen molar-refractivity contribution >= 4 is 41.6 Å². The molecule has 32 heavy (non-hydrogen) atoms. The molecule has 14 nitrogen and oxygen atoms in total. The molecular formula is C18H25N3O11. The Kier molecular flexibility index (Phi) is 9.56. The summed E-state index contributed by atoms with van der Waals surface area (Å²) in [6.45, 7) is 0. The molecule has 0 unspecified atom stereocenters. The number of hydrogen-bond donors (Lipinski definition) is 7. The van der Waals surface area contributed by atoms with Gasteiger partial charge in [-0.15, -0.1) is 0 Å². The Labute approximate surface area is 181 Å². The van der Waals surface area contributed by atoms with E-state index in [0.29, 0.717) is 0 Å². The van der Waals surface area contributed by atoms with Crippen molar-refractivity contribution in [1.29, 1.82) is 0 Å². The molecule has 0 aromatic heterocycles. The van der Waals surface area contributed by atoms with Gasteiger partial charge in [0.15, 0.2) is 0 Å². The molecule has 0 bridgehead atoms. The van der Waals surface area contributed by atoms with Crippen LogP contribution in [0.2, 0.25) is 0 Å². The van der Waals surface area contributed by atoms with E-state index in [1.54, 1.807) is 0 Å². The number of carbonyl (C=O) groups excluding carboxylic acids is 3. The van der Waals surface area contributed by atoms with Gasteiger partial charge < -0.3 is 36.4 Å². The van der Waals surface area contributed by atoms with Crippen LogP contribution in [-0.2, 0) is 33.6 Å². The van der Waals surface area contributed by atoms with Crippen molar-refractivity contribution in [3.8, 4) is 0 Å². The van der Waals surface area contributed by atoms with Crippen molar-refractivity contribution in [2.45, 2.75) is 69.0 Å². The molecule has 1 aliphatic rings. The minimum Gasteiger partial charge on any atom is -0.481 e. The first-order valence-corrected chi connectivity index (χ1v) is 9.67. The maximum Gasteiger partial charge on any atom is 0.329 e. The SMILES string of the molecule is O=C(O)CCC(=O)N[C@@H](CCC(=O)O)C(=O)N[C@@H](CCC(=O)O)C(=O)NC1(C(=O)O)CC1. The molecule has 178 valence electrons.